The van der Waals surface area contributed by atoms with Crippen molar-refractivity contribution in [3.05, 3.63) is 29.9 Å². The first kappa shape index (κ1) is 25.6. The maximum Gasteiger partial charge on any atom is 0.410 e. The van der Waals surface area contributed by atoms with Crippen LogP contribution in [0.15, 0.2) is 29.9 Å². The highest BCUT2D eigenvalue weighted by Crippen LogP contribution is 2.29. The lowest BCUT2D eigenvalue weighted by molar-refractivity contribution is 0.0196. The lowest BCUT2D eigenvalue weighted by atomic mass is 10.1. The molecule has 10 heteroatoms. The number of nitrogens with one attached hydrogen (secondary N) is 1. The fourth-order valence-electron chi connectivity index (χ4n) is 2.59. The van der Waals surface area contributed by atoms with E-state index in [9.17, 15) is 4.79 Å². The zero-order valence-corrected chi connectivity index (χ0v) is 20.2. The average Bonchev–Trinajstić information content (AvgIpc) is 2.68. The van der Waals surface area contributed by atoms with Crippen LogP contribution in [0.2, 0.25) is 0 Å². The molecule has 0 spiro atoms. The molecule has 0 unspecified atom stereocenters. The number of halogens is 1. The summed E-state index contributed by atoms with van der Waals surface area (Å²) in [5, 5.41) is 0. The van der Waals surface area contributed by atoms with Gasteiger partial charge in [0.25, 0.3) is 0 Å². The molecule has 1 amide bonds. The molecule has 9 nitrogen and oxygen atoms in total. The van der Waals surface area contributed by atoms with E-state index in [0.717, 1.165) is 4.47 Å². The van der Waals surface area contributed by atoms with E-state index >= 15 is 0 Å². The van der Waals surface area contributed by atoms with Gasteiger partial charge in [-0.15, -0.1) is 13.2 Å². The Hall–Kier alpha value is -2.46. The molecule has 30 heavy (non-hydrogen) atoms. The van der Waals surface area contributed by atoms with Crippen molar-refractivity contribution in [1.29, 1.82) is 0 Å². The number of pyridine rings is 1. The summed E-state index contributed by atoms with van der Waals surface area (Å²) in [6.45, 7) is 16.8. The van der Waals surface area contributed by atoms with Crippen LogP contribution >= 0.6 is 15.9 Å². The van der Waals surface area contributed by atoms with Crippen molar-refractivity contribution in [3.63, 3.8) is 0 Å². The van der Waals surface area contributed by atoms with E-state index in [1.54, 1.807) is 18.1 Å². The number of ether oxygens (including phenoxy) is 1. The summed E-state index contributed by atoms with van der Waals surface area (Å²) in [4.78, 5) is 29.1. The first-order valence-electron chi connectivity index (χ1n) is 9.68. The number of carbonyl (C=O) groups is 1. The molecule has 1 aliphatic heterocycles. The van der Waals surface area contributed by atoms with Crippen LogP contribution in [0.1, 0.15) is 34.6 Å². The van der Waals surface area contributed by atoms with Crippen molar-refractivity contribution in [3.8, 4) is 0 Å². The topological polar surface area (TPSA) is 110 Å². The largest absolute Gasteiger partial charge is 0.444 e. The number of nitrogen functional groups attached to an aromatic ring is 1. The number of amides is 1. The summed E-state index contributed by atoms with van der Waals surface area (Å²) in [5.74, 6) is 6.70. The minimum Gasteiger partial charge on any atom is -0.444 e. The molecule has 3 rings (SSSR count). The van der Waals surface area contributed by atoms with Crippen LogP contribution in [0, 0.1) is 0 Å². The number of nitrogens with two attached hydrogens (primary N) is 1. The molecule has 0 radical (unpaired) electrons. The molecular formula is C20H32BrN7O2. The number of fused-ring (bicyclic) bond motifs is 1. The zero-order valence-electron chi connectivity index (χ0n) is 18.6. The van der Waals surface area contributed by atoms with Crippen molar-refractivity contribution in [1.82, 2.24) is 19.9 Å². The lowest BCUT2D eigenvalue weighted by Crippen LogP contribution is -2.60. The van der Waals surface area contributed by atoms with E-state index in [1.807, 2.05) is 45.6 Å². The smallest absolute Gasteiger partial charge is 0.410 e. The monoisotopic (exact) mass is 481 g/mol. The molecule has 3 N–H and O–H groups in total. The van der Waals surface area contributed by atoms with E-state index < -0.39 is 5.60 Å². The fraction of sp³-hybridized carbons (Fsp3) is 0.500. The van der Waals surface area contributed by atoms with E-state index in [2.05, 4.69) is 49.5 Å². The first-order chi connectivity index (χ1) is 14.2. The number of carbonyl (C=O) groups excluding carboxylic acids is 1. The van der Waals surface area contributed by atoms with Gasteiger partial charge >= 0.3 is 6.09 Å². The second-order valence-electron chi connectivity index (χ2n) is 7.19. The van der Waals surface area contributed by atoms with Gasteiger partial charge in [0.05, 0.1) is 6.04 Å². The standard InChI is InChI=1S/C16H22BrN7O2.C2H6.C2H4/c1-16(2,3)26-15(25)23(4)10-7-24(8-10)14-13(22-18)20-11-5-9(17)6-19-12(11)21-14;2*1-2/h5-6,10H,7-8,18H2,1-4H3,(H,20,22);1-2H3;1-2H2. The van der Waals surface area contributed by atoms with Crippen molar-refractivity contribution in [2.75, 3.05) is 30.5 Å². The van der Waals surface area contributed by atoms with Gasteiger partial charge in [-0.1, -0.05) is 13.8 Å². The predicted molar refractivity (Wildman–Crippen MR) is 125 cm³/mol. The number of nitrogens with zero attached hydrogens (tertiary/aromatic N) is 5. The van der Waals surface area contributed by atoms with E-state index in [1.165, 1.54) is 0 Å². The Morgan fingerprint density at radius 1 is 1.33 bits per heavy atom. The van der Waals surface area contributed by atoms with Gasteiger partial charge in [0, 0.05) is 30.8 Å². The van der Waals surface area contributed by atoms with Gasteiger partial charge in [-0.2, -0.15) is 0 Å². The Balaban J connectivity index is 0.00000106. The van der Waals surface area contributed by atoms with Crippen LogP contribution in [0.25, 0.3) is 11.2 Å². The SMILES string of the molecule is C=C.CC.CN(C(=O)OC(C)(C)C)C1CN(c2nc3ncc(Br)cc3nc2NN)C1. The molecule has 2 aromatic rings. The molecule has 1 fully saturated rings. The van der Waals surface area contributed by atoms with Crippen LogP contribution in [0.4, 0.5) is 16.4 Å². The fourth-order valence-corrected chi connectivity index (χ4v) is 2.91. The summed E-state index contributed by atoms with van der Waals surface area (Å²) in [5.41, 5.74) is 3.24. The normalized spacial score (nSPS) is 13.3. The van der Waals surface area contributed by atoms with Crippen LogP contribution in [-0.4, -0.2) is 57.7 Å². The third-order valence-electron chi connectivity index (χ3n) is 4.00. The van der Waals surface area contributed by atoms with Crippen molar-refractivity contribution < 1.29 is 9.53 Å². The Labute approximate surface area is 186 Å². The molecule has 1 saturated heterocycles. The van der Waals surface area contributed by atoms with Gasteiger partial charge in [-0.25, -0.2) is 25.6 Å². The number of hydrogen-bond acceptors (Lipinski definition) is 8. The number of hydrogen-bond donors (Lipinski definition) is 2. The highest BCUT2D eigenvalue weighted by atomic mass is 79.9. The minimum atomic E-state index is -0.519. The Morgan fingerprint density at radius 2 is 1.93 bits per heavy atom. The number of rotatable bonds is 3. The van der Waals surface area contributed by atoms with Gasteiger partial charge in [-0.05, 0) is 42.8 Å². The van der Waals surface area contributed by atoms with Crippen LogP contribution < -0.4 is 16.2 Å². The van der Waals surface area contributed by atoms with Crippen molar-refractivity contribution in [2.24, 2.45) is 5.84 Å². The molecule has 166 valence electrons. The minimum absolute atomic E-state index is 0.0332. The van der Waals surface area contributed by atoms with E-state index in [-0.39, 0.29) is 12.1 Å². The molecule has 3 heterocycles. The van der Waals surface area contributed by atoms with E-state index in [0.29, 0.717) is 35.9 Å². The van der Waals surface area contributed by atoms with Gasteiger partial charge in [0.1, 0.15) is 11.1 Å². The van der Waals surface area contributed by atoms with Gasteiger partial charge < -0.3 is 20.0 Å². The Bertz CT molecular complexity index is 851. The van der Waals surface area contributed by atoms with Gasteiger partial charge in [-0.3, -0.25) is 0 Å². The van der Waals surface area contributed by atoms with Gasteiger partial charge in [0.15, 0.2) is 17.3 Å². The number of anilines is 2. The number of hydrazine groups is 1. The predicted octanol–water partition coefficient (Wildman–Crippen LogP) is 3.96. The lowest BCUT2D eigenvalue weighted by Gasteiger charge is -2.44. The first-order valence-corrected chi connectivity index (χ1v) is 10.5. The molecular weight excluding hydrogens is 450 g/mol. The molecule has 0 saturated carbocycles. The summed E-state index contributed by atoms with van der Waals surface area (Å²) in [6.07, 6.45) is 1.33. The summed E-state index contributed by atoms with van der Waals surface area (Å²) >= 11 is 3.37. The zero-order chi connectivity index (χ0) is 23.1. The summed E-state index contributed by atoms with van der Waals surface area (Å²) in [6, 6.07) is 1.86. The molecule has 0 aromatic carbocycles. The van der Waals surface area contributed by atoms with Crippen LogP contribution in [-0.2, 0) is 4.74 Å². The maximum absolute atomic E-state index is 12.2. The Kier molecular flexibility index (Phi) is 9.44. The average molecular weight is 482 g/mol. The highest BCUT2D eigenvalue weighted by Gasteiger charge is 2.36. The molecule has 0 bridgehead atoms. The quantitative estimate of drug-likeness (QED) is 0.385. The second kappa shape index (κ2) is 11.1. The van der Waals surface area contributed by atoms with Crippen molar-refractivity contribution >= 4 is 44.8 Å². The number of likely N-dealkylation sites (N-methyl/N-ethyl adjacent to an activating group) is 1. The summed E-state index contributed by atoms with van der Waals surface area (Å²) in [7, 11) is 1.74. The molecule has 2 aromatic heterocycles. The molecule has 0 atom stereocenters. The molecule has 0 aliphatic carbocycles. The van der Waals surface area contributed by atoms with Crippen molar-refractivity contribution in [2.45, 2.75) is 46.3 Å². The second-order valence-corrected chi connectivity index (χ2v) is 8.10. The van der Waals surface area contributed by atoms with Crippen LogP contribution in [0.3, 0.4) is 0 Å². The van der Waals surface area contributed by atoms with E-state index in [4.69, 9.17) is 10.6 Å². The number of aromatic nitrogens is 3. The third kappa shape index (κ3) is 6.27. The van der Waals surface area contributed by atoms with Crippen LogP contribution in [0.5, 0.6) is 0 Å². The maximum atomic E-state index is 12.2. The molecule has 1 aliphatic rings. The third-order valence-corrected chi connectivity index (χ3v) is 4.43. The Morgan fingerprint density at radius 3 is 2.47 bits per heavy atom. The van der Waals surface area contributed by atoms with Gasteiger partial charge in [0.2, 0.25) is 0 Å². The highest BCUT2D eigenvalue weighted by molar-refractivity contribution is 9.10. The summed E-state index contributed by atoms with van der Waals surface area (Å²) < 4.78 is 6.22.